The van der Waals surface area contributed by atoms with Crippen LogP contribution in [0.5, 0.6) is 0 Å². The lowest BCUT2D eigenvalue weighted by molar-refractivity contribution is -0.135. The Hall–Kier alpha value is -5.07. The molecule has 12 nitrogen and oxygen atoms in total. The molecule has 1 saturated heterocycles. The van der Waals surface area contributed by atoms with Crippen molar-refractivity contribution in [1.29, 1.82) is 0 Å². The minimum absolute atomic E-state index is 0.0317. The van der Waals surface area contributed by atoms with Gasteiger partial charge in [-0.1, -0.05) is 61.4 Å². The van der Waals surface area contributed by atoms with Crippen LogP contribution in [0.3, 0.4) is 0 Å². The summed E-state index contributed by atoms with van der Waals surface area (Å²) < 4.78 is 9.47. The highest BCUT2D eigenvalue weighted by Crippen LogP contribution is 2.38. The quantitative estimate of drug-likeness (QED) is 0.0939. The monoisotopic (exact) mass is 776 g/mol. The van der Waals surface area contributed by atoms with Crippen LogP contribution in [-0.2, 0) is 63.3 Å². The van der Waals surface area contributed by atoms with Crippen LogP contribution in [0, 0.1) is 0 Å². The van der Waals surface area contributed by atoms with Crippen molar-refractivity contribution in [3.05, 3.63) is 99.0 Å². The van der Waals surface area contributed by atoms with Gasteiger partial charge in [-0.05, 0) is 105 Å². The van der Waals surface area contributed by atoms with E-state index >= 15 is 0 Å². The number of amides is 4. The Morgan fingerprint density at radius 3 is 2.37 bits per heavy atom. The third-order valence-electron chi connectivity index (χ3n) is 12.1. The number of hydrogen-bond acceptors (Lipinski definition) is 7. The van der Waals surface area contributed by atoms with Gasteiger partial charge in [-0.15, -0.1) is 0 Å². The second-order valence-electron chi connectivity index (χ2n) is 16.2. The lowest BCUT2D eigenvalue weighted by Crippen LogP contribution is -2.49. The molecule has 1 aromatic heterocycles. The smallest absolute Gasteiger partial charge is 0.329 e. The summed E-state index contributed by atoms with van der Waals surface area (Å²) in [5.41, 5.74) is 14.0. The van der Waals surface area contributed by atoms with Gasteiger partial charge in [0, 0.05) is 38.9 Å². The van der Waals surface area contributed by atoms with Crippen LogP contribution >= 0.6 is 0 Å². The Morgan fingerprint density at radius 2 is 1.61 bits per heavy atom. The van der Waals surface area contributed by atoms with Gasteiger partial charge in [0.05, 0.1) is 35.5 Å². The first-order chi connectivity index (χ1) is 27.6. The normalized spacial score (nSPS) is 19.1. The first-order valence-corrected chi connectivity index (χ1v) is 20.7. The number of para-hydroxylation sites is 1. The molecule has 1 unspecified atom stereocenters. The summed E-state index contributed by atoms with van der Waals surface area (Å²) in [6.07, 6.45) is 10.7. The molecule has 0 aliphatic carbocycles. The Morgan fingerprint density at radius 1 is 0.895 bits per heavy atom. The lowest BCUT2D eigenvalue weighted by Gasteiger charge is -2.30. The average molecular weight is 777 g/mol. The number of unbranched alkanes of at least 4 members (excludes halogenated alkanes) is 3. The van der Waals surface area contributed by atoms with Gasteiger partial charge in [0.15, 0.2) is 0 Å². The van der Waals surface area contributed by atoms with Crippen molar-refractivity contribution in [3.63, 3.8) is 0 Å². The van der Waals surface area contributed by atoms with Crippen LogP contribution in [0.25, 0.3) is 11.0 Å². The van der Waals surface area contributed by atoms with E-state index in [-0.39, 0.29) is 54.4 Å². The highest BCUT2D eigenvalue weighted by molar-refractivity contribution is 6.00. The van der Waals surface area contributed by atoms with Gasteiger partial charge < -0.3 is 20.7 Å². The van der Waals surface area contributed by atoms with E-state index in [9.17, 15) is 24.0 Å². The molecule has 302 valence electrons. The number of aromatic nitrogens is 2. The van der Waals surface area contributed by atoms with Crippen molar-refractivity contribution in [2.24, 2.45) is 12.8 Å². The highest BCUT2D eigenvalue weighted by atomic mass is 16.5. The fourth-order valence-corrected chi connectivity index (χ4v) is 8.93. The number of ether oxygens (including phenoxy) is 1. The summed E-state index contributed by atoms with van der Waals surface area (Å²) in [6, 6.07) is 20.3. The van der Waals surface area contributed by atoms with Crippen molar-refractivity contribution < 1.29 is 23.9 Å². The maximum absolute atomic E-state index is 13.2. The first kappa shape index (κ1) is 40.1. The molecule has 12 heteroatoms. The second-order valence-corrected chi connectivity index (χ2v) is 16.2. The molecule has 0 spiro atoms. The van der Waals surface area contributed by atoms with Crippen molar-refractivity contribution in [3.8, 4) is 0 Å². The van der Waals surface area contributed by atoms with Gasteiger partial charge in [-0.3, -0.25) is 33.6 Å². The minimum Gasteiger partial charge on any atom is -0.372 e. The van der Waals surface area contributed by atoms with Gasteiger partial charge in [0.25, 0.3) is 0 Å². The number of nitrogens with zero attached hydrogens (tertiary/aromatic N) is 3. The molecule has 4 atom stereocenters. The number of aryl methyl sites for hydroxylation is 4. The molecule has 4 amide bonds. The topological polar surface area (TPSA) is 158 Å². The predicted molar refractivity (Wildman–Crippen MR) is 220 cm³/mol. The molecule has 3 aliphatic rings. The summed E-state index contributed by atoms with van der Waals surface area (Å²) in [7, 11) is 1.73. The van der Waals surface area contributed by atoms with Gasteiger partial charge in [-0.2, -0.15) is 0 Å². The van der Waals surface area contributed by atoms with Crippen molar-refractivity contribution >= 4 is 40.3 Å². The zero-order valence-electron chi connectivity index (χ0n) is 33.3. The number of nitrogens with two attached hydrogens (primary N) is 1. The molecule has 4 aromatic rings. The van der Waals surface area contributed by atoms with E-state index in [1.165, 1.54) is 21.3 Å². The Balaban J connectivity index is 0.844. The number of carbonyl (C=O) groups excluding carboxylic acids is 4. The molecule has 0 radical (unpaired) electrons. The number of anilines is 1. The van der Waals surface area contributed by atoms with Gasteiger partial charge in [0.2, 0.25) is 23.6 Å². The molecule has 57 heavy (non-hydrogen) atoms. The summed E-state index contributed by atoms with van der Waals surface area (Å²) in [5, 5.41) is 6.02. The third kappa shape index (κ3) is 9.23. The van der Waals surface area contributed by atoms with Crippen LogP contribution in [0.2, 0.25) is 0 Å². The van der Waals surface area contributed by atoms with E-state index < -0.39 is 11.9 Å². The number of rotatable bonds is 18. The Labute approximate surface area is 334 Å². The van der Waals surface area contributed by atoms with Crippen molar-refractivity contribution in [2.45, 2.75) is 128 Å². The van der Waals surface area contributed by atoms with E-state index in [1.54, 1.807) is 11.6 Å². The Bertz CT molecular complexity index is 2170. The zero-order chi connectivity index (χ0) is 40.1. The standard InChI is InChI=1S/C45H56N6O6/c1-29(36(20-23-40(46)52)47-27-35-26-34-13-7-11-33-12-8-14-42(54)50(35)43(33)34)57-28-32-17-15-30(16-18-32)9-5-3-4-6-10-31-19-21-37-39(25-31)49(2)45(56)51(37)38-22-24-41(53)48-44(38)55/h7,11,13,15-19,21,25,29,35-36,38,47H,3-6,8-10,12,14,20,22-24,26-28H2,1-2H3,(H2,46,52)(H,48,53,55)/t29-,35+,36+,38?/m1/s1. The summed E-state index contributed by atoms with van der Waals surface area (Å²) >= 11 is 0. The second kappa shape index (κ2) is 18.0. The maximum atomic E-state index is 13.2. The fraction of sp³-hybridized carbons (Fsp3) is 0.489. The van der Waals surface area contributed by atoms with Gasteiger partial charge in [0.1, 0.15) is 6.04 Å². The molecule has 0 bridgehead atoms. The number of benzene rings is 3. The molecule has 4 N–H and O–H groups in total. The highest BCUT2D eigenvalue weighted by Gasteiger charge is 2.37. The minimum atomic E-state index is -0.677. The van der Waals surface area contributed by atoms with E-state index in [1.807, 2.05) is 30.0 Å². The van der Waals surface area contributed by atoms with E-state index in [4.69, 9.17) is 10.5 Å². The Kier molecular flexibility index (Phi) is 12.7. The molecule has 4 heterocycles. The van der Waals surface area contributed by atoms with Crippen LogP contribution in [-0.4, -0.2) is 57.5 Å². The van der Waals surface area contributed by atoms with E-state index in [0.717, 1.165) is 80.1 Å². The number of imide groups is 1. The number of nitrogens with one attached hydrogen (secondary N) is 2. The SMILES string of the molecule is C[C@@H](OCc1ccc(CCCCCCc2ccc3c(c2)n(C)c(=O)n3C2CCC(=O)NC2=O)cc1)[C@H](CCC(N)=O)NC[C@@H]1Cc2cccc3c2N1C(=O)CCC3. The summed E-state index contributed by atoms with van der Waals surface area (Å²) in [5.74, 6) is -0.864. The number of primary amides is 1. The number of carbonyl (C=O) groups is 4. The van der Waals surface area contributed by atoms with E-state index in [0.29, 0.717) is 37.9 Å². The summed E-state index contributed by atoms with van der Waals surface area (Å²) in [4.78, 5) is 64.1. The molecule has 3 aliphatic heterocycles. The molecular weight excluding hydrogens is 721 g/mol. The van der Waals surface area contributed by atoms with Gasteiger partial charge >= 0.3 is 5.69 Å². The number of fused-ring (bicyclic) bond motifs is 1. The van der Waals surface area contributed by atoms with Gasteiger partial charge in [-0.25, -0.2) is 4.79 Å². The van der Waals surface area contributed by atoms with Crippen molar-refractivity contribution in [1.82, 2.24) is 19.8 Å². The van der Waals surface area contributed by atoms with Crippen molar-refractivity contribution in [2.75, 3.05) is 11.4 Å². The average Bonchev–Trinajstić information content (AvgIpc) is 3.62. The van der Waals surface area contributed by atoms with E-state index in [2.05, 4.69) is 53.1 Å². The maximum Gasteiger partial charge on any atom is 0.329 e. The molecule has 7 rings (SSSR count). The molecular formula is C45H56N6O6. The van der Waals surface area contributed by atoms with Crippen LogP contribution in [0.1, 0.15) is 105 Å². The van der Waals surface area contributed by atoms with Crippen LogP contribution in [0.15, 0.2) is 65.5 Å². The number of hydrogen-bond donors (Lipinski definition) is 3. The lowest BCUT2D eigenvalue weighted by atomic mass is 10.0. The fourth-order valence-electron chi connectivity index (χ4n) is 8.93. The summed E-state index contributed by atoms with van der Waals surface area (Å²) in [6.45, 7) is 3.11. The first-order valence-electron chi connectivity index (χ1n) is 20.7. The molecule has 1 fully saturated rings. The van der Waals surface area contributed by atoms with Crippen LogP contribution < -0.4 is 27.0 Å². The molecule has 3 aromatic carbocycles. The van der Waals surface area contributed by atoms with Crippen LogP contribution in [0.4, 0.5) is 5.69 Å². The largest absolute Gasteiger partial charge is 0.372 e. The number of piperidine rings is 1. The predicted octanol–water partition coefficient (Wildman–Crippen LogP) is 5.09. The molecule has 0 saturated carbocycles. The number of imidazole rings is 1. The zero-order valence-corrected chi connectivity index (χ0v) is 33.3. The third-order valence-corrected chi connectivity index (χ3v) is 12.1.